The molecule has 8 nitrogen and oxygen atoms in total. The Kier molecular flexibility index (Phi) is 10.1. The molecule has 1 aliphatic rings. The lowest BCUT2D eigenvalue weighted by Gasteiger charge is -2.42. The van der Waals surface area contributed by atoms with Crippen molar-refractivity contribution in [3.63, 3.8) is 0 Å². The molecule has 0 N–H and O–H groups in total. The van der Waals surface area contributed by atoms with Gasteiger partial charge in [-0.2, -0.15) is 0 Å². The second-order valence-electron chi connectivity index (χ2n) is 5.98. The number of hydrogen-bond acceptors (Lipinski definition) is 9. The predicted octanol–water partition coefficient (Wildman–Crippen LogP) is 1.79. The van der Waals surface area contributed by atoms with Crippen molar-refractivity contribution in [2.24, 2.45) is 0 Å². The SMILES string of the molecule is C=CCCCCS[C@H]1O[C@H](C=O)[C@H](OC(C)=O)[C@H](OC(C)=O)[C@H]1OC(C)=O. The first kappa shape index (κ1) is 23.2. The van der Waals surface area contributed by atoms with Gasteiger partial charge in [0.2, 0.25) is 0 Å². The molecular formula is C18H26O8S. The lowest BCUT2D eigenvalue weighted by molar-refractivity contribution is -0.227. The minimum Gasteiger partial charge on any atom is -0.455 e. The zero-order valence-electron chi connectivity index (χ0n) is 15.8. The van der Waals surface area contributed by atoms with Gasteiger partial charge in [0.15, 0.2) is 30.7 Å². The van der Waals surface area contributed by atoms with Crippen molar-refractivity contribution in [1.82, 2.24) is 0 Å². The summed E-state index contributed by atoms with van der Waals surface area (Å²) >= 11 is 1.34. The molecule has 9 heteroatoms. The molecule has 0 unspecified atom stereocenters. The summed E-state index contributed by atoms with van der Waals surface area (Å²) in [5.74, 6) is -1.27. The van der Waals surface area contributed by atoms with Crippen molar-refractivity contribution in [1.29, 1.82) is 0 Å². The predicted molar refractivity (Wildman–Crippen MR) is 97.9 cm³/mol. The Morgan fingerprint density at radius 2 is 1.52 bits per heavy atom. The average molecular weight is 402 g/mol. The summed E-state index contributed by atoms with van der Waals surface area (Å²) in [6.07, 6.45) is 0.470. The van der Waals surface area contributed by atoms with Crippen LogP contribution in [0.3, 0.4) is 0 Å². The van der Waals surface area contributed by atoms with Gasteiger partial charge in [0.05, 0.1) is 0 Å². The van der Waals surface area contributed by atoms with Crippen LogP contribution in [0.1, 0.15) is 40.0 Å². The molecule has 0 aliphatic carbocycles. The second kappa shape index (κ2) is 11.8. The molecule has 152 valence electrons. The quantitative estimate of drug-likeness (QED) is 0.178. The number of carbonyl (C=O) groups is 4. The fourth-order valence-corrected chi connectivity index (χ4v) is 3.85. The average Bonchev–Trinajstić information content (AvgIpc) is 2.57. The van der Waals surface area contributed by atoms with Crippen LogP contribution in [0.15, 0.2) is 12.7 Å². The van der Waals surface area contributed by atoms with Crippen molar-refractivity contribution >= 4 is 36.0 Å². The fraction of sp³-hybridized carbons (Fsp3) is 0.667. The highest BCUT2D eigenvalue weighted by molar-refractivity contribution is 7.99. The molecule has 0 spiro atoms. The van der Waals surface area contributed by atoms with E-state index in [1.54, 1.807) is 0 Å². The Hall–Kier alpha value is -1.87. The summed E-state index contributed by atoms with van der Waals surface area (Å²) in [6.45, 7) is 7.22. The van der Waals surface area contributed by atoms with Gasteiger partial charge >= 0.3 is 17.9 Å². The van der Waals surface area contributed by atoms with E-state index in [0.717, 1.165) is 26.2 Å². The molecule has 27 heavy (non-hydrogen) atoms. The third kappa shape index (κ3) is 7.72. The summed E-state index contributed by atoms with van der Waals surface area (Å²) in [7, 11) is 0. The Bertz CT molecular complexity index is 549. The lowest BCUT2D eigenvalue weighted by Crippen LogP contribution is -2.60. The third-order valence-corrected chi connectivity index (χ3v) is 4.89. The van der Waals surface area contributed by atoms with Gasteiger partial charge in [0.1, 0.15) is 5.44 Å². The maximum Gasteiger partial charge on any atom is 0.303 e. The first-order chi connectivity index (χ1) is 12.8. The molecular weight excluding hydrogens is 376 g/mol. The maximum atomic E-state index is 11.6. The van der Waals surface area contributed by atoms with Crippen molar-refractivity contribution in [3.05, 3.63) is 12.7 Å². The monoisotopic (exact) mass is 402 g/mol. The number of thioether (sulfide) groups is 1. The fourth-order valence-electron chi connectivity index (χ4n) is 2.64. The summed E-state index contributed by atoms with van der Waals surface area (Å²) in [5, 5.41) is 0. The molecule has 0 bridgehead atoms. The number of ether oxygens (including phenoxy) is 4. The van der Waals surface area contributed by atoms with E-state index in [-0.39, 0.29) is 0 Å². The largest absolute Gasteiger partial charge is 0.455 e. The molecule has 1 aliphatic heterocycles. The van der Waals surface area contributed by atoms with Crippen molar-refractivity contribution in [2.75, 3.05) is 5.75 Å². The topological polar surface area (TPSA) is 105 Å². The Labute approximate surface area is 162 Å². The van der Waals surface area contributed by atoms with E-state index in [9.17, 15) is 19.2 Å². The van der Waals surface area contributed by atoms with Gasteiger partial charge in [-0.3, -0.25) is 14.4 Å². The maximum absolute atomic E-state index is 11.6. The molecule has 0 amide bonds. The van der Waals surface area contributed by atoms with Gasteiger partial charge < -0.3 is 23.7 Å². The molecule has 1 rings (SSSR count). The summed E-state index contributed by atoms with van der Waals surface area (Å²) < 4.78 is 21.4. The van der Waals surface area contributed by atoms with Gasteiger partial charge in [-0.1, -0.05) is 6.08 Å². The highest BCUT2D eigenvalue weighted by Crippen LogP contribution is 2.34. The highest BCUT2D eigenvalue weighted by atomic mass is 32.2. The smallest absolute Gasteiger partial charge is 0.303 e. The number of esters is 3. The van der Waals surface area contributed by atoms with E-state index >= 15 is 0 Å². The highest BCUT2D eigenvalue weighted by Gasteiger charge is 2.51. The minimum atomic E-state index is -1.20. The van der Waals surface area contributed by atoms with Gasteiger partial charge in [0.25, 0.3) is 0 Å². The van der Waals surface area contributed by atoms with E-state index in [1.807, 2.05) is 6.08 Å². The third-order valence-electron chi connectivity index (χ3n) is 3.66. The second-order valence-corrected chi connectivity index (χ2v) is 7.19. The summed E-state index contributed by atoms with van der Waals surface area (Å²) in [6, 6.07) is 0. The van der Waals surface area contributed by atoms with Crippen LogP contribution in [0.5, 0.6) is 0 Å². The van der Waals surface area contributed by atoms with E-state index in [4.69, 9.17) is 18.9 Å². The van der Waals surface area contributed by atoms with Gasteiger partial charge in [0, 0.05) is 20.8 Å². The Balaban J connectivity index is 3.04. The van der Waals surface area contributed by atoms with Crippen LogP contribution >= 0.6 is 11.8 Å². The number of hydrogen-bond donors (Lipinski definition) is 0. The lowest BCUT2D eigenvalue weighted by atomic mass is 9.99. The number of unbranched alkanes of at least 4 members (excludes halogenated alkanes) is 2. The Morgan fingerprint density at radius 3 is 2.04 bits per heavy atom. The molecule has 0 aromatic carbocycles. The van der Waals surface area contributed by atoms with Crippen LogP contribution in [0.4, 0.5) is 0 Å². The molecule has 0 aromatic heterocycles. The standard InChI is InChI=1S/C18H26O8S/c1-5-6-7-8-9-27-18-17(25-13(4)22)16(24-12(3)21)15(23-11(2)20)14(10-19)26-18/h5,10,14-18H,1,6-9H2,2-4H3/t14-,15+,16+,17-,18-/m1/s1. The normalized spacial score (nSPS) is 27.3. The number of rotatable bonds is 10. The summed E-state index contributed by atoms with van der Waals surface area (Å²) in [5.41, 5.74) is -0.746. The van der Waals surface area contributed by atoms with Crippen molar-refractivity contribution in [3.8, 4) is 0 Å². The Morgan fingerprint density at radius 1 is 0.963 bits per heavy atom. The molecule has 5 atom stereocenters. The van der Waals surface area contributed by atoms with Gasteiger partial charge in [-0.25, -0.2) is 0 Å². The van der Waals surface area contributed by atoms with Crippen LogP contribution < -0.4 is 0 Å². The van der Waals surface area contributed by atoms with Crippen LogP contribution in [0.25, 0.3) is 0 Å². The van der Waals surface area contributed by atoms with Crippen LogP contribution in [-0.2, 0) is 38.1 Å². The molecule has 1 saturated heterocycles. The van der Waals surface area contributed by atoms with E-state index in [2.05, 4.69) is 6.58 Å². The number of aldehydes is 1. The first-order valence-electron chi connectivity index (χ1n) is 8.65. The van der Waals surface area contributed by atoms with Crippen LogP contribution in [0, 0.1) is 0 Å². The van der Waals surface area contributed by atoms with Gasteiger partial charge in [-0.15, -0.1) is 18.3 Å². The molecule has 1 fully saturated rings. The molecule has 0 radical (unpaired) electrons. The van der Waals surface area contributed by atoms with E-state index in [1.165, 1.54) is 25.6 Å². The minimum absolute atomic E-state index is 0.485. The summed E-state index contributed by atoms with van der Waals surface area (Å²) in [4.78, 5) is 46.0. The van der Waals surface area contributed by atoms with E-state index < -0.39 is 47.8 Å². The van der Waals surface area contributed by atoms with Crippen LogP contribution in [-0.4, -0.2) is 59.8 Å². The molecule has 1 heterocycles. The molecule has 0 aromatic rings. The first-order valence-corrected chi connectivity index (χ1v) is 9.70. The van der Waals surface area contributed by atoms with Gasteiger partial charge in [-0.05, 0) is 25.0 Å². The van der Waals surface area contributed by atoms with Crippen molar-refractivity contribution in [2.45, 2.75) is 69.9 Å². The zero-order valence-corrected chi connectivity index (χ0v) is 16.6. The number of allylic oxidation sites excluding steroid dienone is 1. The molecule has 0 saturated carbocycles. The van der Waals surface area contributed by atoms with E-state index in [0.29, 0.717) is 12.0 Å². The van der Waals surface area contributed by atoms with Crippen molar-refractivity contribution < 1.29 is 38.1 Å². The number of carbonyl (C=O) groups excluding carboxylic acids is 4. The zero-order chi connectivity index (χ0) is 20.4. The van der Waals surface area contributed by atoms with Crippen LogP contribution in [0.2, 0.25) is 0 Å².